The first-order valence-corrected chi connectivity index (χ1v) is 16.1. The standard InChI is InChI=1S/C35H39FN8O2/c1-6-28(45)41-18-22(5)42(19-21(41)4)33-26-16-27(36)30-25-12-9-11-24-17-38-43(31(24)25)15-8-7-10-23-13-14-37-29(20(2)3)32(23)44(34(26)39-30)35(46)40-33/h6,9,11-14,16-17,20-22,28,45H,1,7-8,10,15,18-19H2,2-5H3/t21-,22+,28?/m1/s1. The third kappa shape index (κ3) is 4.89. The highest BCUT2D eigenvalue weighted by molar-refractivity contribution is 5.96. The van der Waals surface area contributed by atoms with Crippen LogP contribution in [0, 0.1) is 5.82 Å². The summed E-state index contributed by atoms with van der Waals surface area (Å²) >= 11 is 0. The van der Waals surface area contributed by atoms with Crippen molar-refractivity contribution in [3.05, 3.63) is 82.9 Å². The molecule has 1 N–H and O–H groups in total. The van der Waals surface area contributed by atoms with Crippen LogP contribution in [0.1, 0.15) is 57.7 Å². The molecular formula is C35H39FN8O2. The van der Waals surface area contributed by atoms with E-state index in [0.29, 0.717) is 47.7 Å². The maximum atomic E-state index is 16.5. The molecule has 0 radical (unpaired) electrons. The number of aryl methyl sites for hydroxylation is 2. The van der Waals surface area contributed by atoms with E-state index in [-0.39, 0.29) is 23.7 Å². The Balaban J connectivity index is 1.55. The van der Waals surface area contributed by atoms with Gasteiger partial charge in [0.15, 0.2) is 5.65 Å². The smallest absolute Gasteiger partial charge is 0.355 e. The Hall–Kier alpha value is -4.48. The second-order valence-electron chi connectivity index (χ2n) is 12.9. The minimum atomic E-state index is -0.795. The topological polar surface area (TPSA) is 105 Å². The van der Waals surface area contributed by atoms with Gasteiger partial charge in [-0.2, -0.15) is 10.1 Å². The van der Waals surface area contributed by atoms with Gasteiger partial charge in [0.25, 0.3) is 0 Å². The molecule has 0 amide bonds. The minimum absolute atomic E-state index is 0.0103. The number of hydrogen-bond acceptors (Lipinski definition) is 8. The van der Waals surface area contributed by atoms with Crippen LogP contribution in [0.25, 0.3) is 38.9 Å². The first-order valence-electron chi connectivity index (χ1n) is 16.1. The van der Waals surface area contributed by atoms with Crippen LogP contribution in [0.2, 0.25) is 0 Å². The van der Waals surface area contributed by atoms with E-state index in [4.69, 9.17) is 9.97 Å². The fourth-order valence-electron chi connectivity index (χ4n) is 7.14. The summed E-state index contributed by atoms with van der Waals surface area (Å²) in [5.74, 6) is -0.116. The zero-order valence-corrected chi connectivity index (χ0v) is 26.7. The number of aromatic nitrogens is 6. The van der Waals surface area contributed by atoms with Gasteiger partial charge in [0, 0.05) is 48.9 Å². The predicted molar refractivity (Wildman–Crippen MR) is 178 cm³/mol. The Morgan fingerprint density at radius 3 is 2.72 bits per heavy atom. The number of aliphatic hydroxyl groups is 1. The van der Waals surface area contributed by atoms with E-state index in [1.807, 2.05) is 58.8 Å². The molecule has 3 atom stereocenters. The van der Waals surface area contributed by atoms with E-state index in [2.05, 4.69) is 30.5 Å². The molecule has 0 saturated carbocycles. The summed E-state index contributed by atoms with van der Waals surface area (Å²) in [6, 6.07) is 8.93. The first kappa shape index (κ1) is 30.2. The molecule has 1 unspecified atom stereocenters. The molecule has 11 heteroatoms. The molecule has 2 aliphatic heterocycles. The molecule has 1 aromatic carbocycles. The Morgan fingerprint density at radius 2 is 1.93 bits per heavy atom. The molecule has 0 aliphatic carbocycles. The normalized spacial score (nSPS) is 19.6. The molecule has 2 bridgehead atoms. The third-order valence-corrected chi connectivity index (χ3v) is 9.45. The van der Waals surface area contributed by atoms with Crippen molar-refractivity contribution in [1.82, 2.24) is 34.2 Å². The highest BCUT2D eigenvalue weighted by atomic mass is 19.1. The number of rotatable bonds is 4. The predicted octanol–water partition coefficient (Wildman–Crippen LogP) is 5.19. The highest BCUT2D eigenvalue weighted by Crippen LogP contribution is 2.36. The lowest BCUT2D eigenvalue weighted by molar-refractivity contribution is 0.0000491. The Bertz CT molecular complexity index is 2040. The van der Waals surface area contributed by atoms with Gasteiger partial charge in [-0.1, -0.05) is 38.6 Å². The average molecular weight is 623 g/mol. The van der Waals surface area contributed by atoms with Gasteiger partial charge < -0.3 is 10.0 Å². The number of halogens is 1. The molecule has 2 aliphatic rings. The lowest BCUT2D eigenvalue weighted by Gasteiger charge is -2.46. The van der Waals surface area contributed by atoms with Gasteiger partial charge in [0.2, 0.25) is 0 Å². The number of para-hydroxylation sites is 1. The maximum Gasteiger partial charge on any atom is 0.355 e. The molecule has 10 nitrogen and oxygen atoms in total. The van der Waals surface area contributed by atoms with E-state index < -0.39 is 17.7 Å². The quantitative estimate of drug-likeness (QED) is 0.273. The van der Waals surface area contributed by atoms with Crippen LogP contribution >= 0.6 is 0 Å². The summed E-state index contributed by atoms with van der Waals surface area (Å²) in [5.41, 5.74) is 3.84. The maximum absolute atomic E-state index is 16.5. The molecule has 1 saturated heterocycles. The summed E-state index contributed by atoms with van der Waals surface area (Å²) in [6.07, 6.45) is 6.75. The van der Waals surface area contributed by atoms with Crippen LogP contribution < -0.4 is 10.6 Å². The van der Waals surface area contributed by atoms with Crippen molar-refractivity contribution >= 4 is 27.8 Å². The van der Waals surface area contributed by atoms with Crippen LogP contribution in [0.5, 0.6) is 0 Å². The van der Waals surface area contributed by atoms with Crippen LogP contribution in [0.15, 0.2) is 60.2 Å². The van der Waals surface area contributed by atoms with E-state index in [1.54, 1.807) is 10.8 Å². The van der Waals surface area contributed by atoms with Crippen LogP contribution in [-0.4, -0.2) is 70.7 Å². The van der Waals surface area contributed by atoms with Crippen molar-refractivity contribution < 1.29 is 9.50 Å². The molecule has 4 aromatic heterocycles. The lowest BCUT2D eigenvalue weighted by Crippen LogP contribution is -2.59. The van der Waals surface area contributed by atoms with E-state index in [9.17, 15) is 9.90 Å². The number of benzene rings is 1. The van der Waals surface area contributed by atoms with Crippen molar-refractivity contribution in [2.45, 2.75) is 77.7 Å². The summed E-state index contributed by atoms with van der Waals surface area (Å²) < 4.78 is 20.0. The van der Waals surface area contributed by atoms with E-state index in [1.165, 1.54) is 12.1 Å². The SMILES string of the molecule is C=CC(O)N1C[C@H](C)N(c2nc(=O)n3c4nc(c(F)cc24)-c2cccc4cnn(c24)CCCCc2ccnc(C(C)C)c2-3)C[C@H]1C. The number of piperazine rings is 1. The molecule has 0 spiro atoms. The fraction of sp³-hybridized carbons (Fsp3) is 0.400. The summed E-state index contributed by atoms with van der Waals surface area (Å²) in [4.78, 5) is 32.8. The molecule has 238 valence electrons. The summed E-state index contributed by atoms with van der Waals surface area (Å²) in [7, 11) is 0. The van der Waals surface area contributed by atoms with Crippen molar-refractivity contribution in [3.8, 4) is 16.9 Å². The highest BCUT2D eigenvalue weighted by Gasteiger charge is 2.35. The number of fused-ring (bicyclic) bond motifs is 4. The minimum Gasteiger partial charge on any atom is -0.375 e. The van der Waals surface area contributed by atoms with E-state index in [0.717, 1.165) is 41.4 Å². The van der Waals surface area contributed by atoms with Gasteiger partial charge in [-0.25, -0.2) is 18.7 Å². The number of anilines is 1. The number of aliphatic hydroxyl groups excluding tert-OH is 1. The van der Waals surface area contributed by atoms with Gasteiger partial charge in [0.05, 0.1) is 28.5 Å². The Morgan fingerprint density at radius 1 is 1.11 bits per heavy atom. The van der Waals surface area contributed by atoms with Crippen molar-refractivity contribution in [2.75, 3.05) is 18.0 Å². The van der Waals surface area contributed by atoms with Crippen LogP contribution in [0.3, 0.4) is 0 Å². The Kier molecular flexibility index (Phi) is 7.68. The second-order valence-corrected chi connectivity index (χ2v) is 12.9. The Labute approximate surface area is 266 Å². The van der Waals surface area contributed by atoms with Crippen molar-refractivity contribution in [3.63, 3.8) is 0 Å². The first-order chi connectivity index (χ1) is 22.2. The van der Waals surface area contributed by atoms with Gasteiger partial charge >= 0.3 is 5.69 Å². The van der Waals surface area contributed by atoms with Crippen LogP contribution in [0.4, 0.5) is 10.2 Å². The molecule has 46 heavy (non-hydrogen) atoms. The molecular weight excluding hydrogens is 583 g/mol. The number of nitrogens with zero attached hydrogens (tertiary/aromatic N) is 8. The summed E-state index contributed by atoms with van der Waals surface area (Å²) in [5, 5.41) is 16.5. The molecule has 6 heterocycles. The number of pyridine rings is 2. The summed E-state index contributed by atoms with van der Waals surface area (Å²) in [6.45, 7) is 13.5. The van der Waals surface area contributed by atoms with Gasteiger partial charge in [-0.05, 0) is 62.8 Å². The van der Waals surface area contributed by atoms with Gasteiger partial charge in [-0.3, -0.25) is 14.6 Å². The lowest BCUT2D eigenvalue weighted by atomic mass is 10.00. The second kappa shape index (κ2) is 11.7. The van der Waals surface area contributed by atoms with Crippen molar-refractivity contribution in [2.24, 2.45) is 0 Å². The van der Waals surface area contributed by atoms with E-state index >= 15 is 4.39 Å². The fourth-order valence-corrected chi connectivity index (χ4v) is 7.14. The van der Waals surface area contributed by atoms with Crippen molar-refractivity contribution in [1.29, 1.82) is 0 Å². The largest absolute Gasteiger partial charge is 0.375 e. The third-order valence-electron chi connectivity index (χ3n) is 9.45. The van der Waals surface area contributed by atoms with Gasteiger partial charge in [-0.15, -0.1) is 0 Å². The number of hydrogen-bond donors (Lipinski definition) is 1. The van der Waals surface area contributed by atoms with Crippen LogP contribution in [-0.2, 0) is 13.0 Å². The van der Waals surface area contributed by atoms with Gasteiger partial charge in [0.1, 0.15) is 23.6 Å². The molecule has 5 aromatic rings. The monoisotopic (exact) mass is 622 g/mol. The zero-order chi connectivity index (χ0) is 32.3. The molecule has 7 rings (SSSR count). The zero-order valence-electron chi connectivity index (χ0n) is 26.7. The molecule has 1 fully saturated rings. The average Bonchev–Trinajstić information content (AvgIpc) is 3.46.